The Hall–Kier alpha value is -5.44. The van der Waals surface area contributed by atoms with E-state index < -0.39 is 29.4 Å². The summed E-state index contributed by atoms with van der Waals surface area (Å²) < 4.78 is 15.4. The molecule has 9 heteroatoms. The number of nitrogens with zero attached hydrogens (tertiary/aromatic N) is 1. The van der Waals surface area contributed by atoms with Crippen molar-refractivity contribution < 1.29 is 38.5 Å². The molecular formula is C32H27NO8. The SMILES string of the molecule is COC(=O)c1cc(C(=O)N(Cc2ccccc2)Cc2ccc(Oc3ccccc3)cc2)c(C(=O)OC)cc1C(=O)O. The fourth-order valence-corrected chi connectivity index (χ4v) is 4.19. The van der Waals surface area contributed by atoms with Crippen molar-refractivity contribution in [2.75, 3.05) is 14.2 Å². The normalized spacial score (nSPS) is 10.4. The van der Waals surface area contributed by atoms with Gasteiger partial charge in [0.15, 0.2) is 0 Å². The number of carboxylic acids is 1. The summed E-state index contributed by atoms with van der Waals surface area (Å²) in [5.41, 5.74) is 0.259. The molecule has 0 fully saturated rings. The minimum atomic E-state index is -1.46. The summed E-state index contributed by atoms with van der Waals surface area (Å²) in [5.74, 6) is -2.66. The Morgan fingerprint density at radius 3 is 1.61 bits per heavy atom. The van der Waals surface area contributed by atoms with Gasteiger partial charge in [-0.2, -0.15) is 0 Å². The molecule has 208 valence electrons. The number of methoxy groups -OCH3 is 2. The van der Waals surface area contributed by atoms with E-state index >= 15 is 0 Å². The molecule has 4 rings (SSSR count). The highest BCUT2D eigenvalue weighted by Crippen LogP contribution is 2.25. The topological polar surface area (TPSA) is 119 Å². The van der Waals surface area contributed by atoms with Gasteiger partial charge in [-0.15, -0.1) is 0 Å². The van der Waals surface area contributed by atoms with Crippen LogP contribution in [0.2, 0.25) is 0 Å². The molecule has 0 radical (unpaired) electrons. The Morgan fingerprint density at radius 2 is 1.07 bits per heavy atom. The van der Waals surface area contributed by atoms with E-state index in [0.717, 1.165) is 37.5 Å². The third-order valence-electron chi connectivity index (χ3n) is 6.21. The van der Waals surface area contributed by atoms with Gasteiger partial charge in [-0.25, -0.2) is 14.4 Å². The summed E-state index contributed by atoms with van der Waals surface area (Å²) in [6.45, 7) is 0.297. The van der Waals surface area contributed by atoms with Crippen molar-refractivity contribution in [1.29, 1.82) is 0 Å². The van der Waals surface area contributed by atoms with Crippen LogP contribution in [0.4, 0.5) is 0 Å². The number of carboxylic acid groups (broad SMARTS) is 1. The predicted octanol–water partition coefficient (Wildman–Crippen LogP) is 5.59. The summed E-state index contributed by atoms with van der Waals surface area (Å²) in [5, 5.41) is 9.67. The highest BCUT2D eigenvalue weighted by Gasteiger charge is 2.29. The van der Waals surface area contributed by atoms with Crippen LogP contribution in [-0.2, 0) is 22.6 Å². The van der Waals surface area contributed by atoms with Crippen LogP contribution in [0.3, 0.4) is 0 Å². The molecule has 0 spiro atoms. The molecular weight excluding hydrogens is 526 g/mol. The molecule has 1 N–H and O–H groups in total. The van der Waals surface area contributed by atoms with Crippen LogP contribution in [0.1, 0.15) is 52.6 Å². The minimum absolute atomic E-state index is 0.133. The number of rotatable bonds is 10. The molecule has 4 aromatic carbocycles. The largest absolute Gasteiger partial charge is 0.478 e. The van der Waals surface area contributed by atoms with Gasteiger partial charge < -0.3 is 24.2 Å². The van der Waals surface area contributed by atoms with E-state index in [1.807, 2.05) is 72.8 Å². The van der Waals surface area contributed by atoms with Crippen molar-refractivity contribution in [2.24, 2.45) is 0 Å². The third-order valence-corrected chi connectivity index (χ3v) is 6.21. The molecule has 0 aliphatic rings. The molecule has 0 saturated heterocycles. The number of benzene rings is 4. The van der Waals surface area contributed by atoms with Crippen LogP contribution in [0.25, 0.3) is 0 Å². The van der Waals surface area contributed by atoms with E-state index in [0.29, 0.717) is 11.5 Å². The number of para-hydroxylation sites is 1. The lowest BCUT2D eigenvalue weighted by Crippen LogP contribution is -2.32. The Bertz CT molecular complexity index is 1550. The van der Waals surface area contributed by atoms with Crippen molar-refractivity contribution in [3.8, 4) is 11.5 Å². The summed E-state index contributed by atoms with van der Waals surface area (Å²) in [7, 11) is 2.21. The van der Waals surface area contributed by atoms with Crippen LogP contribution in [0.5, 0.6) is 11.5 Å². The first-order valence-electron chi connectivity index (χ1n) is 12.5. The lowest BCUT2D eigenvalue weighted by atomic mass is 9.96. The maximum absolute atomic E-state index is 14.0. The van der Waals surface area contributed by atoms with E-state index in [9.17, 15) is 24.3 Å². The maximum Gasteiger partial charge on any atom is 0.338 e. The number of esters is 2. The van der Waals surface area contributed by atoms with Crippen LogP contribution < -0.4 is 4.74 Å². The highest BCUT2D eigenvalue weighted by atomic mass is 16.5. The van der Waals surface area contributed by atoms with Gasteiger partial charge in [0.05, 0.1) is 36.5 Å². The van der Waals surface area contributed by atoms with Crippen LogP contribution in [-0.4, -0.2) is 48.0 Å². The summed E-state index contributed by atoms with van der Waals surface area (Å²) in [4.78, 5) is 52.5. The monoisotopic (exact) mass is 553 g/mol. The predicted molar refractivity (Wildman–Crippen MR) is 149 cm³/mol. The second-order valence-corrected chi connectivity index (χ2v) is 8.94. The molecule has 0 unspecified atom stereocenters. The third kappa shape index (κ3) is 6.96. The molecule has 9 nitrogen and oxygen atoms in total. The summed E-state index contributed by atoms with van der Waals surface area (Å²) in [6, 6.07) is 27.8. The second-order valence-electron chi connectivity index (χ2n) is 8.94. The first-order valence-corrected chi connectivity index (χ1v) is 12.5. The number of amides is 1. The van der Waals surface area contributed by atoms with Crippen molar-refractivity contribution >= 4 is 23.8 Å². The highest BCUT2D eigenvalue weighted by molar-refractivity contribution is 6.11. The van der Waals surface area contributed by atoms with Gasteiger partial charge in [0, 0.05) is 13.1 Å². The zero-order chi connectivity index (χ0) is 29.4. The van der Waals surface area contributed by atoms with E-state index in [4.69, 9.17) is 14.2 Å². The molecule has 41 heavy (non-hydrogen) atoms. The second kappa shape index (κ2) is 13.1. The van der Waals surface area contributed by atoms with Gasteiger partial charge in [-0.3, -0.25) is 4.79 Å². The maximum atomic E-state index is 14.0. The Balaban J connectivity index is 1.73. The molecule has 0 bridgehead atoms. The zero-order valence-corrected chi connectivity index (χ0v) is 22.4. The number of aromatic carboxylic acids is 1. The molecule has 0 aliphatic heterocycles. The van der Waals surface area contributed by atoms with Crippen molar-refractivity contribution in [3.05, 3.63) is 130 Å². The fraction of sp³-hybridized carbons (Fsp3) is 0.125. The smallest absolute Gasteiger partial charge is 0.338 e. The van der Waals surface area contributed by atoms with E-state index in [-0.39, 0.29) is 29.8 Å². The van der Waals surface area contributed by atoms with Gasteiger partial charge >= 0.3 is 17.9 Å². The number of hydrogen-bond donors (Lipinski definition) is 1. The van der Waals surface area contributed by atoms with Gasteiger partial charge in [-0.05, 0) is 47.5 Å². The summed E-state index contributed by atoms with van der Waals surface area (Å²) >= 11 is 0. The standard InChI is InChI=1S/C32H27NO8/c1-39-31(37)27-18-26(30(35)36)28(32(38)40-2)17-25(27)29(34)33(19-21-9-5-3-6-10-21)20-22-13-15-24(16-14-22)41-23-11-7-4-8-12-23/h3-18H,19-20H2,1-2H3,(H,35,36). The molecule has 0 heterocycles. The number of hydrogen-bond acceptors (Lipinski definition) is 7. The quantitative estimate of drug-likeness (QED) is 0.252. The van der Waals surface area contributed by atoms with Crippen molar-refractivity contribution in [1.82, 2.24) is 4.90 Å². The van der Waals surface area contributed by atoms with E-state index in [1.54, 1.807) is 12.1 Å². The van der Waals surface area contributed by atoms with Crippen LogP contribution in [0, 0.1) is 0 Å². The zero-order valence-electron chi connectivity index (χ0n) is 22.4. The average molecular weight is 554 g/mol. The van der Waals surface area contributed by atoms with Gasteiger partial charge in [0.2, 0.25) is 0 Å². The number of carbonyl (C=O) groups excluding carboxylic acids is 3. The van der Waals surface area contributed by atoms with Gasteiger partial charge in [-0.1, -0.05) is 60.7 Å². The first kappa shape index (κ1) is 28.6. The van der Waals surface area contributed by atoms with Crippen molar-refractivity contribution in [3.63, 3.8) is 0 Å². The minimum Gasteiger partial charge on any atom is -0.478 e. The van der Waals surface area contributed by atoms with Gasteiger partial charge in [0.25, 0.3) is 5.91 Å². The molecule has 0 atom stereocenters. The number of ether oxygens (including phenoxy) is 3. The lowest BCUT2D eigenvalue weighted by molar-refractivity contribution is 0.0570. The molecule has 0 aromatic heterocycles. The van der Waals surface area contributed by atoms with E-state index in [2.05, 4.69) is 0 Å². The van der Waals surface area contributed by atoms with Crippen molar-refractivity contribution in [2.45, 2.75) is 13.1 Å². The van der Waals surface area contributed by atoms with E-state index in [1.165, 1.54) is 4.90 Å². The van der Waals surface area contributed by atoms with Crippen LogP contribution in [0.15, 0.2) is 97.1 Å². The summed E-state index contributed by atoms with van der Waals surface area (Å²) in [6.07, 6.45) is 0. The Morgan fingerprint density at radius 1 is 0.610 bits per heavy atom. The Labute approximate surface area is 236 Å². The number of carbonyl (C=O) groups is 4. The van der Waals surface area contributed by atoms with Crippen LogP contribution >= 0.6 is 0 Å². The first-order chi connectivity index (χ1) is 19.8. The Kier molecular flexibility index (Phi) is 9.11. The molecule has 1 amide bonds. The average Bonchev–Trinajstić information content (AvgIpc) is 3.00. The fourth-order valence-electron chi connectivity index (χ4n) is 4.19. The molecule has 4 aromatic rings. The van der Waals surface area contributed by atoms with Gasteiger partial charge in [0.1, 0.15) is 11.5 Å². The lowest BCUT2D eigenvalue weighted by Gasteiger charge is -2.25. The molecule has 0 aliphatic carbocycles. The molecule has 0 saturated carbocycles.